The van der Waals surface area contributed by atoms with E-state index in [-0.39, 0.29) is 46.9 Å². The molecule has 7 heteroatoms. The highest BCUT2D eigenvalue weighted by molar-refractivity contribution is 5.92. The van der Waals surface area contributed by atoms with Crippen LogP contribution in [0.3, 0.4) is 0 Å². The van der Waals surface area contributed by atoms with E-state index >= 15 is 0 Å². The number of aromatic nitrogens is 2. The van der Waals surface area contributed by atoms with Crippen molar-refractivity contribution in [3.8, 4) is 0 Å². The average molecular weight is 465 g/mol. The highest BCUT2D eigenvalue weighted by atomic mass is 16.3. The van der Waals surface area contributed by atoms with Crippen molar-refractivity contribution in [2.75, 3.05) is 0 Å². The number of hydrogen-bond donors (Lipinski definition) is 3. The zero-order chi connectivity index (χ0) is 24.3. The molecular formula is C27H36N4O3. The van der Waals surface area contributed by atoms with E-state index in [4.69, 9.17) is 0 Å². The Hall–Kier alpha value is -2.80. The zero-order valence-electron chi connectivity index (χ0n) is 20.3. The van der Waals surface area contributed by atoms with E-state index in [2.05, 4.69) is 34.4 Å². The first-order valence-electron chi connectivity index (χ1n) is 12.4. The molecule has 0 spiro atoms. The largest absolute Gasteiger partial charge is 0.392 e. The fourth-order valence-corrected chi connectivity index (χ4v) is 6.27. The molecule has 182 valence electrons. The Morgan fingerprint density at radius 3 is 2.50 bits per heavy atom. The second-order valence-corrected chi connectivity index (χ2v) is 10.4. The summed E-state index contributed by atoms with van der Waals surface area (Å²) in [4.78, 5) is 34.1. The van der Waals surface area contributed by atoms with Gasteiger partial charge < -0.3 is 15.7 Å². The van der Waals surface area contributed by atoms with Crippen molar-refractivity contribution in [2.45, 2.75) is 65.1 Å². The van der Waals surface area contributed by atoms with E-state index in [1.807, 2.05) is 25.1 Å². The number of rotatable bonds is 6. The number of carbonyl (C=O) groups excluding carboxylic acids is 2. The molecule has 7 unspecified atom stereocenters. The summed E-state index contributed by atoms with van der Waals surface area (Å²) < 4.78 is 0. The van der Waals surface area contributed by atoms with Gasteiger partial charge in [-0.1, -0.05) is 32.9 Å². The molecule has 2 amide bonds. The minimum absolute atomic E-state index is 0.00567. The number of fused-ring (bicyclic) bond motifs is 1. The van der Waals surface area contributed by atoms with E-state index in [1.165, 1.54) is 0 Å². The summed E-state index contributed by atoms with van der Waals surface area (Å²) in [5, 5.41) is 17.7. The first-order valence-corrected chi connectivity index (χ1v) is 12.4. The highest BCUT2D eigenvalue weighted by Crippen LogP contribution is 2.55. The maximum absolute atomic E-state index is 12.9. The summed E-state index contributed by atoms with van der Waals surface area (Å²) in [6.45, 7) is 6.68. The number of aliphatic hydroxyl groups excluding tert-OH is 1. The van der Waals surface area contributed by atoms with Crippen molar-refractivity contribution < 1.29 is 14.7 Å². The van der Waals surface area contributed by atoms with Gasteiger partial charge in [0.2, 0.25) is 5.91 Å². The Bertz CT molecular complexity index is 986. The Balaban J connectivity index is 1.42. The smallest absolute Gasteiger partial charge is 0.270 e. The van der Waals surface area contributed by atoms with E-state index in [0.717, 1.165) is 31.4 Å². The first-order chi connectivity index (χ1) is 16.3. The second-order valence-electron chi connectivity index (χ2n) is 10.4. The summed E-state index contributed by atoms with van der Waals surface area (Å²) in [7, 11) is 0. The standard InChI is InChI=1S/C27H36N4O3/c1-17(25(33)30-16-19-8-4-6-14-28-19)20-10-12-27(3)13-11-21(18(2)23(27)24(20)32)31-26(34)22-9-5-7-15-29-22/h4-9,14-15,17-18,20-21,23-24,32H,10-13,16H2,1-3H3,(H,30,33)(H,31,34). The van der Waals surface area contributed by atoms with Crippen LogP contribution >= 0.6 is 0 Å². The van der Waals surface area contributed by atoms with Crippen LogP contribution in [0.15, 0.2) is 48.8 Å². The molecule has 7 nitrogen and oxygen atoms in total. The van der Waals surface area contributed by atoms with Crippen LogP contribution in [0.5, 0.6) is 0 Å². The van der Waals surface area contributed by atoms with Crippen LogP contribution < -0.4 is 10.6 Å². The summed E-state index contributed by atoms with van der Waals surface area (Å²) in [5.41, 5.74) is 1.22. The molecule has 0 aliphatic heterocycles. The SMILES string of the molecule is CC(C(=O)NCc1ccccn1)C1CCC2(C)CCC(NC(=O)c3ccccn3)C(C)C2C1O. The number of aliphatic hydroxyl groups is 1. The molecule has 0 saturated heterocycles. The number of nitrogens with one attached hydrogen (secondary N) is 2. The van der Waals surface area contributed by atoms with Crippen molar-refractivity contribution in [1.29, 1.82) is 0 Å². The third-order valence-corrected chi connectivity index (χ3v) is 8.33. The van der Waals surface area contributed by atoms with Gasteiger partial charge in [0.05, 0.1) is 18.3 Å². The van der Waals surface area contributed by atoms with Gasteiger partial charge in [-0.2, -0.15) is 0 Å². The van der Waals surface area contributed by atoms with Crippen LogP contribution in [0.4, 0.5) is 0 Å². The van der Waals surface area contributed by atoms with Gasteiger partial charge in [-0.3, -0.25) is 19.6 Å². The van der Waals surface area contributed by atoms with Crippen molar-refractivity contribution in [2.24, 2.45) is 29.1 Å². The van der Waals surface area contributed by atoms with E-state index in [0.29, 0.717) is 12.2 Å². The van der Waals surface area contributed by atoms with Gasteiger partial charge in [0, 0.05) is 24.4 Å². The summed E-state index contributed by atoms with van der Waals surface area (Å²) in [6, 6.07) is 10.9. The lowest BCUT2D eigenvalue weighted by Crippen LogP contribution is -2.58. The molecule has 34 heavy (non-hydrogen) atoms. The lowest BCUT2D eigenvalue weighted by Gasteiger charge is -2.56. The van der Waals surface area contributed by atoms with Gasteiger partial charge in [0.1, 0.15) is 5.69 Å². The van der Waals surface area contributed by atoms with Crippen LogP contribution in [0.25, 0.3) is 0 Å². The van der Waals surface area contributed by atoms with Crippen LogP contribution in [-0.2, 0) is 11.3 Å². The van der Waals surface area contributed by atoms with E-state index in [1.54, 1.807) is 30.6 Å². The van der Waals surface area contributed by atoms with E-state index < -0.39 is 6.10 Å². The van der Waals surface area contributed by atoms with Gasteiger partial charge >= 0.3 is 0 Å². The van der Waals surface area contributed by atoms with Gasteiger partial charge in [0.15, 0.2) is 0 Å². The molecule has 0 bridgehead atoms. The van der Waals surface area contributed by atoms with Crippen LogP contribution in [-0.4, -0.2) is 39.0 Å². The van der Waals surface area contributed by atoms with Crippen molar-refractivity contribution >= 4 is 11.8 Å². The number of amides is 2. The third kappa shape index (κ3) is 4.99. The minimum atomic E-state index is -0.598. The lowest BCUT2D eigenvalue weighted by atomic mass is 9.51. The maximum atomic E-state index is 12.9. The summed E-state index contributed by atoms with van der Waals surface area (Å²) in [5.74, 6) is -0.548. The normalized spacial score (nSPS) is 31.7. The molecule has 2 heterocycles. The average Bonchev–Trinajstić information content (AvgIpc) is 2.85. The molecular weight excluding hydrogens is 428 g/mol. The van der Waals surface area contributed by atoms with Crippen molar-refractivity contribution in [1.82, 2.24) is 20.6 Å². The predicted molar refractivity (Wildman–Crippen MR) is 129 cm³/mol. The Kier molecular flexibility index (Phi) is 7.31. The van der Waals surface area contributed by atoms with Crippen LogP contribution in [0.1, 0.15) is 62.6 Å². The quantitative estimate of drug-likeness (QED) is 0.608. The second kappa shape index (κ2) is 10.2. The minimum Gasteiger partial charge on any atom is -0.392 e. The number of carbonyl (C=O) groups is 2. The number of hydrogen-bond acceptors (Lipinski definition) is 5. The molecule has 2 aliphatic rings. The van der Waals surface area contributed by atoms with Crippen molar-refractivity contribution in [3.05, 3.63) is 60.2 Å². The van der Waals surface area contributed by atoms with E-state index in [9.17, 15) is 14.7 Å². The molecule has 2 aromatic heterocycles. The van der Waals surface area contributed by atoms with Crippen molar-refractivity contribution in [3.63, 3.8) is 0 Å². The fraction of sp³-hybridized carbons (Fsp3) is 0.556. The molecule has 0 radical (unpaired) electrons. The van der Waals surface area contributed by atoms with Gasteiger partial charge in [0.25, 0.3) is 5.91 Å². The molecule has 2 saturated carbocycles. The Labute approximate surface area is 201 Å². The van der Waals surface area contributed by atoms with Gasteiger partial charge in [-0.15, -0.1) is 0 Å². The van der Waals surface area contributed by atoms with Crippen LogP contribution in [0.2, 0.25) is 0 Å². The first kappa shape index (κ1) is 24.3. The molecule has 0 aromatic carbocycles. The predicted octanol–water partition coefficient (Wildman–Crippen LogP) is 3.35. The zero-order valence-corrected chi connectivity index (χ0v) is 20.3. The fourth-order valence-electron chi connectivity index (χ4n) is 6.27. The molecule has 4 rings (SSSR count). The van der Waals surface area contributed by atoms with Gasteiger partial charge in [-0.25, -0.2) is 0 Å². The maximum Gasteiger partial charge on any atom is 0.270 e. The Morgan fingerprint density at radius 1 is 1.12 bits per heavy atom. The molecule has 2 aliphatic carbocycles. The molecule has 3 N–H and O–H groups in total. The summed E-state index contributed by atoms with van der Waals surface area (Å²) >= 11 is 0. The molecule has 2 aromatic rings. The van der Waals surface area contributed by atoms with Crippen LogP contribution in [0, 0.1) is 29.1 Å². The number of nitrogens with zero attached hydrogens (tertiary/aromatic N) is 2. The monoisotopic (exact) mass is 464 g/mol. The molecule has 7 atom stereocenters. The lowest BCUT2D eigenvalue weighted by molar-refractivity contribution is -0.142. The van der Waals surface area contributed by atoms with Gasteiger partial charge in [-0.05, 0) is 73.1 Å². The topological polar surface area (TPSA) is 104 Å². The number of pyridine rings is 2. The molecule has 2 fully saturated rings. The summed E-state index contributed by atoms with van der Waals surface area (Å²) in [6.07, 6.45) is 6.35. The third-order valence-electron chi connectivity index (χ3n) is 8.33. The Morgan fingerprint density at radius 2 is 1.82 bits per heavy atom. The highest BCUT2D eigenvalue weighted by Gasteiger charge is 2.53.